The molecule has 0 bridgehead atoms. The van der Waals surface area contributed by atoms with E-state index in [0.717, 1.165) is 49.9 Å². The van der Waals surface area contributed by atoms with E-state index in [9.17, 15) is 0 Å². The lowest BCUT2D eigenvalue weighted by molar-refractivity contribution is 0.354. The zero-order valence-electron chi connectivity index (χ0n) is 15.6. The lowest BCUT2D eigenvalue weighted by Gasteiger charge is -2.13. The molecule has 6 heteroatoms. The normalized spacial score (nSPS) is 17.4. The van der Waals surface area contributed by atoms with Crippen molar-refractivity contribution in [2.45, 2.75) is 37.9 Å². The van der Waals surface area contributed by atoms with Crippen LogP contribution in [0.25, 0.3) is 0 Å². The number of nitrogens with one attached hydrogen (secondary N) is 2. The van der Waals surface area contributed by atoms with Crippen molar-refractivity contribution in [3.8, 4) is 11.5 Å². The summed E-state index contributed by atoms with van der Waals surface area (Å²) in [6.45, 7) is 4.80. The zero-order chi connectivity index (χ0) is 17.9. The van der Waals surface area contributed by atoms with E-state index in [1.54, 1.807) is 14.2 Å². The number of hydrogen-bond donors (Lipinski definition) is 2. The number of ether oxygens (including phenoxy) is 2. The van der Waals surface area contributed by atoms with Crippen LogP contribution in [0.2, 0.25) is 0 Å². The Bertz CT molecular complexity index is 545. The lowest BCUT2D eigenvalue weighted by Crippen LogP contribution is -2.38. The number of aryl methyl sites for hydroxylation is 1. The Morgan fingerprint density at radius 1 is 1.24 bits per heavy atom. The summed E-state index contributed by atoms with van der Waals surface area (Å²) in [5.74, 6) is 3.78. The van der Waals surface area contributed by atoms with Gasteiger partial charge in [0.05, 0.1) is 20.8 Å². The minimum Gasteiger partial charge on any atom is -0.493 e. The average molecular weight is 366 g/mol. The van der Waals surface area contributed by atoms with Crippen LogP contribution in [-0.4, -0.2) is 50.8 Å². The van der Waals surface area contributed by atoms with Crippen molar-refractivity contribution in [2.24, 2.45) is 4.99 Å². The Balaban J connectivity index is 1.76. The molecule has 0 amide bonds. The lowest BCUT2D eigenvalue weighted by atomic mass is 10.1. The fraction of sp³-hybridized carbons (Fsp3) is 0.632. The van der Waals surface area contributed by atoms with Crippen molar-refractivity contribution < 1.29 is 9.47 Å². The first-order valence-corrected chi connectivity index (χ1v) is 10.2. The molecular formula is C19H31N3O2S. The van der Waals surface area contributed by atoms with Crippen LogP contribution in [0.4, 0.5) is 0 Å². The first kappa shape index (κ1) is 19.8. The molecule has 25 heavy (non-hydrogen) atoms. The maximum Gasteiger partial charge on any atom is 0.191 e. The van der Waals surface area contributed by atoms with Gasteiger partial charge in [-0.25, -0.2) is 0 Å². The molecule has 140 valence electrons. The van der Waals surface area contributed by atoms with Gasteiger partial charge < -0.3 is 20.1 Å². The number of benzene rings is 1. The van der Waals surface area contributed by atoms with Gasteiger partial charge in [-0.05, 0) is 56.1 Å². The van der Waals surface area contributed by atoms with Crippen LogP contribution in [0, 0.1) is 0 Å². The Hall–Kier alpha value is -1.56. The molecule has 5 nitrogen and oxygen atoms in total. The van der Waals surface area contributed by atoms with E-state index in [1.807, 2.05) is 17.8 Å². The summed E-state index contributed by atoms with van der Waals surface area (Å²) in [6.07, 6.45) is 4.66. The third-order valence-electron chi connectivity index (χ3n) is 4.20. The van der Waals surface area contributed by atoms with Crippen LogP contribution in [0.15, 0.2) is 23.2 Å². The Morgan fingerprint density at radius 3 is 2.76 bits per heavy atom. The molecule has 1 heterocycles. The number of thioether (sulfide) groups is 1. The molecule has 0 spiro atoms. The van der Waals surface area contributed by atoms with Crippen LogP contribution < -0.4 is 20.1 Å². The minimum absolute atomic E-state index is 0.697. The van der Waals surface area contributed by atoms with Crippen LogP contribution in [0.1, 0.15) is 31.7 Å². The number of guanidine groups is 1. The third-order valence-corrected chi connectivity index (χ3v) is 5.58. The molecule has 1 saturated heterocycles. The molecule has 1 aliphatic rings. The quantitative estimate of drug-likeness (QED) is 0.400. The van der Waals surface area contributed by atoms with Gasteiger partial charge in [-0.15, -0.1) is 0 Å². The first-order chi connectivity index (χ1) is 12.3. The number of rotatable bonds is 9. The monoisotopic (exact) mass is 365 g/mol. The van der Waals surface area contributed by atoms with Crippen molar-refractivity contribution in [1.29, 1.82) is 0 Å². The highest BCUT2D eigenvalue weighted by atomic mass is 32.2. The largest absolute Gasteiger partial charge is 0.493 e. The summed E-state index contributed by atoms with van der Waals surface area (Å²) < 4.78 is 10.6. The Labute approximate surface area is 156 Å². The minimum atomic E-state index is 0.697. The van der Waals surface area contributed by atoms with Gasteiger partial charge >= 0.3 is 0 Å². The predicted octanol–water partition coefficient (Wildman–Crippen LogP) is 3.09. The van der Waals surface area contributed by atoms with Crippen molar-refractivity contribution in [2.75, 3.05) is 39.6 Å². The molecule has 0 aliphatic carbocycles. The fourth-order valence-corrected chi connectivity index (χ4v) is 4.04. The van der Waals surface area contributed by atoms with E-state index in [4.69, 9.17) is 14.5 Å². The van der Waals surface area contributed by atoms with Crippen molar-refractivity contribution >= 4 is 17.7 Å². The van der Waals surface area contributed by atoms with Crippen LogP contribution >= 0.6 is 11.8 Å². The van der Waals surface area contributed by atoms with Gasteiger partial charge in [0.25, 0.3) is 0 Å². The highest BCUT2D eigenvalue weighted by molar-refractivity contribution is 8.00. The third kappa shape index (κ3) is 6.69. The topological polar surface area (TPSA) is 54.9 Å². The highest BCUT2D eigenvalue weighted by Crippen LogP contribution is 2.28. The van der Waals surface area contributed by atoms with E-state index in [0.29, 0.717) is 5.25 Å². The maximum atomic E-state index is 5.36. The fourth-order valence-electron chi connectivity index (χ4n) is 2.86. The van der Waals surface area contributed by atoms with E-state index in [2.05, 4.69) is 29.7 Å². The molecule has 0 aromatic heterocycles. The smallest absolute Gasteiger partial charge is 0.191 e. The van der Waals surface area contributed by atoms with Crippen LogP contribution in [0.3, 0.4) is 0 Å². The molecule has 1 aromatic rings. The molecule has 0 saturated carbocycles. The van der Waals surface area contributed by atoms with Crippen molar-refractivity contribution in [1.82, 2.24) is 10.6 Å². The van der Waals surface area contributed by atoms with E-state index < -0.39 is 0 Å². The number of aliphatic imine (C=N–C) groups is 1. The van der Waals surface area contributed by atoms with Gasteiger partial charge in [-0.2, -0.15) is 11.8 Å². The Kier molecular flexibility index (Phi) is 8.80. The van der Waals surface area contributed by atoms with Gasteiger partial charge in [0.2, 0.25) is 0 Å². The summed E-state index contributed by atoms with van der Waals surface area (Å²) in [5.41, 5.74) is 1.25. The van der Waals surface area contributed by atoms with Gasteiger partial charge in [-0.3, -0.25) is 4.99 Å². The molecule has 1 aliphatic heterocycles. The van der Waals surface area contributed by atoms with E-state index >= 15 is 0 Å². The highest BCUT2D eigenvalue weighted by Gasteiger charge is 2.14. The summed E-state index contributed by atoms with van der Waals surface area (Å²) in [7, 11) is 3.33. The first-order valence-electron chi connectivity index (χ1n) is 9.11. The van der Waals surface area contributed by atoms with Crippen molar-refractivity contribution in [3.05, 3.63) is 23.8 Å². The second-order valence-corrected chi connectivity index (χ2v) is 7.48. The van der Waals surface area contributed by atoms with Gasteiger partial charge in [-0.1, -0.05) is 6.07 Å². The number of hydrogen-bond acceptors (Lipinski definition) is 4. The predicted molar refractivity (Wildman–Crippen MR) is 107 cm³/mol. The van der Waals surface area contributed by atoms with Crippen LogP contribution in [-0.2, 0) is 6.42 Å². The molecule has 0 radical (unpaired) electrons. The maximum absolute atomic E-state index is 5.36. The van der Waals surface area contributed by atoms with Crippen LogP contribution in [0.5, 0.6) is 11.5 Å². The average Bonchev–Trinajstić information content (AvgIpc) is 3.16. The van der Waals surface area contributed by atoms with Gasteiger partial charge in [0.1, 0.15) is 0 Å². The molecule has 1 atom stereocenters. The Morgan fingerprint density at radius 2 is 2.08 bits per heavy atom. The SMILES string of the molecule is CCNC(=NCC1CCCS1)NCCCc1ccc(OC)c(OC)c1. The number of methoxy groups -OCH3 is 2. The molecule has 2 rings (SSSR count). The summed E-state index contributed by atoms with van der Waals surface area (Å²) in [6, 6.07) is 6.11. The van der Waals surface area contributed by atoms with Gasteiger partial charge in [0, 0.05) is 18.3 Å². The molecule has 1 unspecified atom stereocenters. The molecular weight excluding hydrogens is 334 g/mol. The molecule has 2 N–H and O–H groups in total. The standard InChI is InChI=1S/C19H31N3O2S/c1-4-20-19(22-14-16-8-6-12-25-16)21-11-5-7-15-9-10-17(23-2)18(13-15)24-3/h9-10,13,16H,4-8,11-12,14H2,1-3H3,(H2,20,21,22). The second kappa shape index (κ2) is 11.1. The summed E-state index contributed by atoms with van der Waals surface area (Å²) in [5, 5.41) is 7.47. The molecule has 1 fully saturated rings. The summed E-state index contributed by atoms with van der Waals surface area (Å²) in [4.78, 5) is 4.73. The number of nitrogens with zero attached hydrogens (tertiary/aromatic N) is 1. The van der Waals surface area contributed by atoms with Gasteiger partial charge in [0.15, 0.2) is 17.5 Å². The van der Waals surface area contributed by atoms with Crippen molar-refractivity contribution in [3.63, 3.8) is 0 Å². The second-order valence-electron chi connectivity index (χ2n) is 6.07. The zero-order valence-corrected chi connectivity index (χ0v) is 16.5. The molecule has 1 aromatic carbocycles. The van der Waals surface area contributed by atoms with E-state index in [1.165, 1.54) is 24.2 Å². The van der Waals surface area contributed by atoms with E-state index in [-0.39, 0.29) is 0 Å². The summed E-state index contributed by atoms with van der Waals surface area (Å²) >= 11 is 2.05.